The van der Waals surface area contributed by atoms with Gasteiger partial charge in [-0.05, 0) is 37.0 Å². The van der Waals surface area contributed by atoms with Gasteiger partial charge in [-0.2, -0.15) is 4.31 Å². The highest BCUT2D eigenvalue weighted by Crippen LogP contribution is 2.27. The van der Waals surface area contributed by atoms with Crippen molar-refractivity contribution in [1.29, 1.82) is 0 Å². The highest BCUT2D eigenvalue weighted by molar-refractivity contribution is 9.10. The molecule has 1 aromatic carbocycles. The third-order valence-corrected chi connectivity index (χ3v) is 5.78. The van der Waals surface area contributed by atoms with Crippen molar-refractivity contribution in [2.75, 3.05) is 19.7 Å². The summed E-state index contributed by atoms with van der Waals surface area (Å²) >= 11 is 3.30. The Bertz CT molecular complexity index is 544. The Hall–Kier alpha value is -0.430. The fraction of sp³-hybridized carbons (Fsp3) is 0.500. The second-order valence-corrected chi connectivity index (χ2v) is 7.43. The summed E-state index contributed by atoms with van der Waals surface area (Å²) in [6.07, 6.45) is 0.725. The molecule has 0 spiro atoms. The number of halogens is 1. The lowest BCUT2D eigenvalue weighted by atomic mass is 10.1. The zero-order valence-corrected chi connectivity index (χ0v) is 12.5. The number of sulfonamides is 1. The van der Waals surface area contributed by atoms with Crippen molar-refractivity contribution in [2.45, 2.75) is 18.2 Å². The van der Waals surface area contributed by atoms with Gasteiger partial charge in [-0.25, -0.2) is 8.42 Å². The predicted molar refractivity (Wildman–Crippen MR) is 72.8 cm³/mol. The van der Waals surface area contributed by atoms with Crippen LogP contribution in [0.3, 0.4) is 0 Å². The largest absolute Gasteiger partial charge is 0.396 e. The molecular formula is C12H16BrNO3S. The Morgan fingerprint density at radius 3 is 2.83 bits per heavy atom. The van der Waals surface area contributed by atoms with Gasteiger partial charge in [0, 0.05) is 24.2 Å². The standard InChI is InChI=1S/C12H16BrNO3S/c1-9-2-3-11(13)6-12(9)18(16,17)14-5-4-10(7-14)8-15/h2-3,6,10,15H,4-5,7-8H2,1H3. The van der Waals surface area contributed by atoms with Gasteiger partial charge >= 0.3 is 0 Å². The second kappa shape index (κ2) is 5.28. The van der Waals surface area contributed by atoms with E-state index in [1.54, 1.807) is 19.1 Å². The Morgan fingerprint density at radius 2 is 2.22 bits per heavy atom. The molecule has 1 heterocycles. The summed E-state index contributed by atoms with van der Waals surface area (Å²) in [5.41, 5.74) is 0.741. The molecule has 1 atom stereocenters. The van der Waals surface area contributed by atoms with Gasteiger partial charge in [-0.15, -0.1) is 0 Å². The minimum Gasteiger partial charge on any atom is -0.396 e. The lowest BCUT2D eigenvalue weighted by Crippen LogP contribution is -2.29. The highest BCUT2D eigenvalue weighted by atomic mass is 79.9. The van der Waals surface area contributed by atoms with Gasteiger partial charge in [-0.1, -0.05) is 22.0 Å². The van der Waals surface area contributed by atoms with E-state index in [-0.39, 0.29) is 12.5 Å². The topological polar surface area (TPSA) is 57.6 Å². The molecular weight excluding hydrogens is 318 g/mol. The Labute approximate surface area is 116 Å². The number of aliphatic hydroxyl groups is 1. The van der Waals surface area contributed by atoms with E-state index in [0.29, 0.717) is 18.0 Å². The molecule has 18 heavy (non-hydrogen) atoms. The first-order valence-electron chi connectivity index (χ1n) is 5.82. The molecule has 1 unspecified atom stereocenters. The van der Waals surface area contributed by atoms with Crippen molar-refractivity contribution >= 4 is 26.0 Å². The summed E-state index contributed by atoms with van der Waals surface area (Å²) in [6, 6.07) is 5.25. The van der Waals surface area contributed by atoms with E-state index in [4.69, 9.17) is 5.11 Å². The van der Waals surface area contributed by atoms with Crippen molar-refractivity contribution in [3.8, 4) is 0 Å². The van der Waals surface area contributed by atoms with Crippen LogP contribution in [-0.4, -0.2) is 37.5 Å². The number of benzene rings is 1. The highest BCUT2D eigenvalue weighted by Gasteiger charge is 2.33. The van der Waals surface area contributed by atoms with Crippen LogP contribution in [0.15, 0.2) is 27.6 Å². The summed E-state index contributed by atoms with van der Waals surface area (Å²) < 4.78 is 27.2. The molecule has 0 amide bonds. The molecule has 100 valence electrons. The van der Waals surface area contributed by atoms with Crippen molar-refractivity contribution in [3.63, 3.8) is 0 Å². The van der Waals surface area contributed by atoms with Crippen molar-refractivity contribution < 1.29 is 13.5 Å². The summed E-state index contributed by atoms with van der Waals surface area (Å²) in [7, 11) is -3.44. The molecule has 0 aromatic heterocycles. The molecule has 1 N–H and O–H groups in total. The molecule has 2 rings (SSSR count). The predicted octanol–water partition coefficient (Wildman–Crippen LogP) is 1.76. The maximum Gasteiger partial charge on any atom is 0.243 e. The maximum absolute atomic E-state index is 12.5. The number of hydrogen-bond donors (Lipinski definition) is 1. The summed E-state index contributed by atoms with van der Waals surface area (Å²) in [6.45, 7) is 2.73. The van der Waals surface area contributed by atoms with Crippen LogP contribution in [0.25, 0.3) is 0 Å². The first-order chi connectivity index (χ1) is 8.45. The van der Waals surface area contributed by atoms with Gasteiger partial charge in [0.2, 0.25) is 10.0 Å². The fourth-order valence-electron chi connectivity index (χ4n) is 2.16. The monoisotopic (exact) mass is 333 g/mol. The second-order valence-electron chi connectivity index (χ2n) is 4.61. The number of rotatable bonds is 3. The Balaban J connectivity index is 2.34. The van der Waals surface area contributed by atoms with E-state index in [1.165, 1.54) is 4.31 Å². The molecule has 1 aliphatic heterocycles. The summed E-state index contributed by atoms with van der Waals surface area (Å²) in [4.78, 5) is 0.343. The minimum absolute atomic E-state index is 0.0451. The summed E-state index contributed by atoms with van der Waals surface area (Å²) in [5.74, 6) is 0.0623. The molecule has 0 aliphatic carbocycles. The first-order valence-corrected chi connectivity index (χ1v) is 8.05. The van der Waals surface area contributed by atoms with Crippen LogP contribution in [0, 0.1) is 12.8 Å². The average molecular weight is 334 g/mol. The SMILES string of the molecule is Cc1ccc(Br)cc1S(=O)(=O)N1CCC(CO)C1. The van der Waals surface area contributed by atoms with Crippen LogP contribution in [0.1, 0.15) is 12.0 Å². The third-order valence-electron chi connectivity index (χ3n) is 3.27. The smallest absolute Gasteiger partial charge is 0.243 e. The van der Waals surface area contributed by atoms with Gasteiger partial charge in [0.25, 0.3) is 0 Å². The molecule has 1 aliphatic rings. The van der Waals surface area contributed by atoms with Gasteiger partial charge in [0.05, 0.1) is 4.90 Å². The van der Waals surface area contributed by atoms with Gasteiger partial charge in [0.1, 0.15) is 0 Å². The normalized spacial score (nSPS) is 21.4. The van der Waals surface area contributed by atoms with E-state index < -0.39 is 10.0 Å². The lowest BCUT2D eigenvalue weighted by Gasteiger charge is -2.18. The maximum atomic E-state index is 12.5. The van der Waals surface area contributed by atoms with Gasteiger partial charge in [0.15, 0.2) is 0 Å². The molecule has 0 radical (unpaired) electrons. The quantitative estimate of drug-likeness (QED) is 0.916. The molecule has 0 saturated carbocycles. The van der Waals surface area contributed by atoms with Gasteiger partial charge < -0.3 is 5.11 Å². The number of aryl methyl sites for hydroxylation is 1. The zero-order valence-electron chi connectivity index (χ0n) is 10.1. The number of hydrogen-bond acceptors (Lipinski definition) is 3. The molecule has 4 nitrogen and oxygen atoms in total. The Kier molecular flexibility index (Phi) is 4.11. The summed E-state index contributed by atoms with van der Waals surface area (Å²) in [5, 5.41) is 9.09. The van der Waals surface area contributed by atoms with Crippen LogP contribution in [0.4, 0.5) is 0 Å². The first kappa shape index (κ1) is 14.0. The van der Waals surface area contributed by atoms with Crippen LogP contribution in [0.2, 0.25) is 0 Å². The average Bonchev–Trinajstić information content (AvgIpc) is 2.81. The van der Waals surface area contributed by atoms with E-state index in [0.717, 1.165) is 16.5 Å². The van der Waals surface area contributed by atoms with Crippen LogP contribution >= 0.6 is 15.9 Å². The van der Waals surface area contributed by atoms with Crippen molar-refractivity contribution in [2.24, 2.45) is 5.92 Å². The lowest BCUT2D eigenvalue weighted by molar-refractivity contribution is 0.233. The van der Waals surface area contributed by atoms with E-state index in [1.807, 2.05) is 6.07 Å². The van der Waals surface area contributed by atoms with Crippen molar-refractivity contribution in [3.05, 3.63) is 28.2 Å². The van der Waals surface area contributed by atoms with E-state index in [9.17, 15) is 8.42 Å². The van der Waals surface area contributed by atoms with Crippen molar-refractivity contribution in [1.82, 2.24) is 4.31 Å². The van der Waals surface area contributed by atoms with Crippen LogP contribution in [0.5, 0.6) is 0 Å². The molecule has 1 aromatic rings. The van der Waals surface area contributed by atoms with E-state index >= 15 is 0 Å². The number of nitrogens with zero attached hydrogens (tertiary/aromatic N) is 1. The molecule has 1 saturated heterocycles. The molecule has 0 bridgehead atoms. The Morgan fingerprint density at radius 1 is 1.50 bits per heavy atom. The minimum atomic E-state index is -3.44. The van der Waals surface area contributed by atoms with E-state index in [2.05, 4.69) is 15.9 Å². The van der Waals surface area contributed by atoms with Crippen LogP contribution in [-0.2, 0) is 10.0 Å². The zero-order chi connectivity index (χ0) is 13.3. The van der Waals surface area contributed by atoms with Crippen LogP contribution < -0.4 is 0 Å². The molecule has 6 heteroatoms. The number of aliphatic hydroxyl groups excluding tert-OH is 1. The fourth-order valence-corrected chi connectivity index (χ4v) is 4.45. The molecule has 1 fully saturated rings. The third kappa shape index (κ3) is 2.61. The van der Waals surface area contributed by atoms with Gasteiger partial charge in [-0.3, -0.25) is 0 Å².